The second-order valence-corrected chi connectivity index (χ2v) is 8.44. The first-order chi connectivity index (χ1) is 13.8. The van der Waals surface area contributed by atoms with Crippen LogP contribution in [0.15, 0.2) is 53.3 Å². The third-order valence-corrected chi connectivity index (χ3v) is 5.59. The summed E-state index contributed by atoms with van der Waals surface area (Å²) in [4.78, 5) is 19.0. The summed E-state index contributed by atoms with van der Waals surface area (Å²) in [6.45, 7) is 1.73. The highest BCUT2D eigenvalue weighted by Crippen LogP contribution is 2.32. The lowest BCUT2D eigenvalue weighted by atomic mass is 10.0. The Balaban J connectivity index is 1.84. The molecule has 152 valence electrons. The maximum Gasteiger partial charge on any atom is 0.261 e. The summed E-state index contributed by atoms with van der Waals surface area (Å²) in [5.41, 5.74) is 1.75. The molecule has 0 saturated carbocycles. The zero-order chi connectivity index (χ0) is 21.1. The maximum absolute atomic E-state index is 13.0. The molecule has 0 N–H and O–H groups in total. The van der Waals surface area contributed by atoms with Crippen LogP contribution in [0, 0.1) is 6.92 Å². The van der Waals surface area contributed by atoms with E-state index in [0.717, 1.165) is 21.4 Å². The zero-order valence-corrected chi connectivity index (χ0v) is 19.3. The molecule has 1 aromatic heterocycles. The molecular formula is C21H20BrCl2N3O2. The molecule has 0 fully saturated rings. The van der Waals surface area contributed by atoms with E-state index in [1.807, 2.05) is 42.9 Å². The predicted octanol–water partition coefficient (Wildman–Crippen LogP) is 5.42. The number of hydrogen-bond donors (Lipinski definition) is 0. The van der Waals surface area contributed by atoms with Gasteiger partial charge in [0.05, 0.1) is 5.02 Å². The van der Waals surface area contributed by atoms with E-state index in [-0.39, 0.29) is 18.6 Å². The van der Waals surface area contributed by atoms with E-state index in [1.165, 1.54) is 0 Å². The van der Waals surface area contributed by atoms with Gasteiger partial charge in [0.25, 0.3) is 5.91 Å². The van der Waals surface area contributed by atoms with Crippen molar-refractivity contribution in [3.63, 3.8) is 0 Å². The first-order valence-electron chi connectivity index (χ1n) is 8.84. The Morgan fingerprint density at radius 1 is 1.28 bits per heavy atom. The fraction of sp³-hybridized carbons (Fsp3) is 0.238. The third kappa shape index (κ3) is 4.94. The SMILES string of the molecule is Cc1cc(Br)cc(Cl)c1OCC(=O)N(C)C(c1ccc(Cl)cc1)c1nccn1C. The van der Waals surface area contributed by atoms with Crippen molar-refractivity contribution in [3.05, 3.63) is 80.3 Å². The molecule has 0 spiro atoms. The molecule has 1 heterocycles. The predicted molar refractivity (Wildman–Crippen MR) is 119 cm³/mol. The van der Waals surface area contributed by atoms with E-state index in [4.69, 9.17) is 27.9 Å². The van der Waals surface area contributed by atoms with E-state index < -0.39 is 0 Å². The highest BCUT2D eigenvalue weighted by atomic mass is 79.9. The molecule has 0 bridgehead atoms. The van der Waals surface area contributed by atoms with Crippen molar-refractivity contribution in [2.45, 2.75) is 13.0 Å². The molecule has 0 radical (unpaired) electrons. The van der Waals surface area contributed by atoms with Crippen molar-refractivity contribution in [1.82, 2.24) is 14.5 Å². The van der Waals surface area contributed by atoms with E-state index in [0.29, 0.717) is 15.8 Å². The number of aromatic nitrogens is 2. The number of likely N-dealkylation sites (N-methyl/N-ethyl adjacent to an activating group) is 1. The Morgan fingerprint density at radius 2 is 1.97 bits per heavy atom. The minimum atomic E-state index is -0.384. The lowest BCUT2D eigenvalue weighted by molar-refractivity contribution is -0.133. The summed E-state index contributed by atoms with van der Waals surface area (Å²) in [6.07, 6.45) is 3.55. The van der Waals surface area contributed by atoms with Crippen molar-refractivity contribution < 1.29 is 9.53 Å². The molecule has 29 heavy (non-hydrogen) atoms. The second kappa shape index (κ2) is 9.20. The minimum Gasteiger partial charge on any atom is -0.482 e. The number of ether oxygens (including phenoxy) is 1. The van der Waals surface area contributed by atoms with Gasteiger partial charge in [-0.2, -0.15) is 0 Å². The van der Waals surface area contributed by atoms with Crippen molar-refractivity contribution in [1.29, 1.82) is 0 Å². The van der Waals surface area contributed by atoms with Crippen LogP contribution >= 0.6 is 39.1 Å². The van der Waals surface area contributed by atoms with E-state index in [9.17, 15) is 4.79 Å². The van der Waals surface area contributed by atoms with E-state index >= 15 is 0 Å². The van der Waals surface area contributed by atoms with Crippen LogP contribution in [0.2, 0.25) is 10.0 Å². The fourth-order valence-electron chi connectivity index (χ4n) is 3.08. The van der Waals surface area contributed by atoms with Crippen LogP contribution in [-0.4, -0.2) is 34.0 Å². The molecule has 0 saturated heterocycles. The third-order valence-electron chi connectivity index (χ3n) is 4.60. The van der Waals surface area contributed by atoms with E-state index in [2.05, 4.69) is 20.9 Å². The van der Waals surface area contributed by atoms with Crippen LogP contribution in [0.5, 0.6) is 5.75 Å². The van der Waals surface area contributed by atoms with Gasteiger partial charge in [0, 0.05) is 36.0 Å². The molecule has 5 nitrogen and oxygen atoms in total. The number of amides is 1. The highest BCUT2D eigenvalue weighted by Gasteiger charge is 2.27. The summed E-state index contributed by atoms with van der Waals surface area (Å²) in [7, 11) is 3.63. The lowest BCUT2D eigenvalue weighted by Gasteiger charge is -2.28. The molecule has 3 aromatic rings. The Labute approximate surface area is 188 Å². The normalized spacial score (nSPS) is 11.9. The standard InChI is InChI=1S/C21H20BrCl2N3O2/c1-13-10-15(22)11-17(24)20(13)29-12-18(28)27(3)19(21-25-8-9-26(21)2)14-4-6-16(23)7-5-14/h4-11,19H,12H2,1-3H3. The fourth-order valence-corrected chi connectivity index (χ4v) is 4.23. The van der Waals surface area contributed by atoms with Gasteiger partial charge in [0.1, 0.15) is 17.6 Å². The summed E-state index contributed by atoms with van der Waals surface area (Å²) >= 11 is 15.7. The topological polar surface area (TPSA) is 47.4 Å². The number of aryl methyl sites for hydroxylation is 2. The Morgan fingerprint density at radius 3 is 2.55 bits per heavy atom. The Hall–Kier alpha value is -2.02. The lowest BCUT2D eigenvalue weighted by Crippen LogP contribution is -2.36. The molecule has 1 unspecified atom stereocenters. The van der Waals surface area contributed by atoms with Gasteiger partial charge in [-0.3, -0.25) is 4.79 Å². The number of halogens is 3. The number of nitrogens with zero attached hydrogens (tertiary/aromatic N) is 3. The number of imidazole rings is 1. The average Bonchev–Trinajstić information content (AvgIpc) is 3.08. The summed E-state index contributed by atoms with van der Waals surface area (Å²) in [6, 6.07) is 10.6. The Bertz CT molecular complexity index is 998. The van der Waals surface area contributed by atoms with Gasteiger partial charge in [-0.15, -0.1) is 0 Å². The number of carbonyl (C=O) groups excluding carboxylic acids is 1. The van der Waals surface area contributed by atoms with Crippen LogP contribution in [-0.2, 0) is 11.8 Å². The van der Waals surface area contributed by atoms with Gasteiger partial charge in [-0.1, -0.05) is 51.3 Å². The number of hydrogen-bond acceptors (Lipinski definition) is 3. The molecule has 0 aliphatic carbocycles. The van der Waals surface area contributed by atoms with Crippen molar-refractivity contribution >= 4 is 45.0 Å². The number of carbonyl (C=O) groups is 1. The maximum atomic E-state index is 13.0. The quantitative estimate of drug-likeness (QED) is 0.457. The van der Waals surface area contributed by atoms with Crippen molar-refractivity contribution in [2.75, 3.05) is 13.7 Å². The number of rotatable bonds is 6. The molecule has 2 aromatic carbocycles. The minimum absolute atomic E-state index is 0.146. The molecular weight excluding hydrogens is 477 g/mol. The van der Waals surface area contributed by atoms with Crippen molar-refractivity contribution in [2.24, 2.45) is 7.05 Å². The zero-order valence-electron chi connectivity index (χ0n) is 16.2. The van der Waals surface area contributed by atoms with Crippen molar-refractivity contribution in [3.8, 4) is 5.75 Å². The number of benzene rings is 2. The van der Waals surface area contributed by atoms with Gasteiger partial charge in [-0.25, -0.2) is 4.98 Å². The largest absolute Gasteiger partial charge is 0.482 e. The van der Waals surface area contributed by atoms with Crippen LogP contribution < -0.4 is 4.74 Å². The van der Waals surface area contributed by atoms with Crippen LogP contribution in [0.25, 0.3) is 0 Å². The average molecular weight is 497 g/mol. The molecule has 8 heteroatoms. The highest BCUT2D eigenvalue weighted by molar-refractivity contribution is 9.10. The van der Waals surface area contributed by atoms with Crippen LogP contribution in [0.4, 0.5) is 0 Å². The molecule has 0 aliphatic rings. The molecule has 1 amide bonds. The van der Waals surface area contributed by atoms with Gasteiger partial charge in [0.2, 0.25) is 0 Å². The van der Waals surface area contributed by atoms with Gasteiger partial charge in [0.15, 0.2) is 6.61 Å². The summed E-state index contributed by atoms with van der Waals surface area (Å²) in [5.74, 6) is 1.03. The second-order valence-electron chi connectivity index (χ2n) is 6.68. The first kappa shape index (κ1) is 21.7. The Kier molecular flexibility index (Phi) is 6.88. The van der Waals surface area contributed by atoms with E-state index in [1.54, 1.807) is 36.3 Å². The summed E-state index contributed by atoms with van der Waals surface area (Å²) < 4.78 is 8.51. The first-order valence-corrected chi connectivity index (χ1v) is 10.4. The van der Waals surface area contributed by atoms with Gasteiger partial charge < -0.3 is 14.2 Å². The molecule has 0 aliphatic heterocycles. The van der Waals surface area contributed by atoms with Gasteiger partial charge >= 0.3 is 0 Å². The monoisotopic (exact) mass is 495 g/mol. The molecule has 1 atom stereocenters. The van der Waals surface area contributed by atoms with Crippen LogP contribution in [0.3, 0.4) is 0 Å². The molecule has 3 rings (SSSR count). The van der Waals surface area contributed by atoms with Crippen LogP contribution in [0.1, 0.15) is 23.0 Å². The smallest absolute Gasteiger partial charge is 0.261 e. The summed E-state index contributed by atoms with van der Waals surface area (Å²) in [5, 5.41) is 1.08. The van der Waals surface area contributed by atoms with Gasteiger partial charge in [-0.05, 0) is 42.3 Å².